The van der Waals surface area contributed by atoms with E-state index in [9.17, 15) is 14.7 Å². The van der Waals surface area contributed by atoms with Crippen LogP contribution in [0.15, 0.2) is 48.6 Å². The van der Waals surface area contributed by atoms with Crippen molar-refractivity contribution in [3.8, 4) is 23.3 Å². The van der Waals surface area contributed by atoms with Crippen LogP contribution < -0.4 is 14.4 Å². The van der Waals surface area contributed by atoms with Crippen molar-refractivity contribution in [3.63, 3.8) is 0 Å². The first-order chi connectivity index (χ1) is 23.8. The molecule has 0 aromatic heterocycles. The molecule has 0 bridgehead atoms. The number of carbonyl (C=O) groups excluding carboxylic acids is 2. The maximum Gasteiger partial charge on any atom is 0.414 e. The third-order valence-corrected chi connectivity index (χ3v) is 8.27. The van der Waals surface area contributed by atoms with E-state index in [4.69, 9.17) is 33.2 Å². The maximum absolute atomic E-state index is 13.3. The second-order valence-electron chi connectivity index (χ2n) is 14.7. The van der Waals surface area contributed by atoms with Crippen molar-refractivity contribution in [1.82, 2.24) is 0 Å². The number of nitrogens with zero attached hydrogens (tertiary/aromatic N) is 1. The molecule has 4 rings (SSSR count). The van der Waals surface area contributed by atoms with Crippen molar-refractivity contribution >= 4 is 17.7 Å². The number of methoxy groups -OCH3 is 1. The summed E-state index contributed by atoms with van der Waals surface area (Å²) in [6.45, 7) is 18.4. The van der Waals surface area contributed by atoms with Crippen molar-refractivity contribution in [3.05, 3.63) is 65.2 Å². The standard InChI is InChI=1S/C40H53NO10/c1-12-41(37(44)51-38(4,5)6)29-22-28(34-33(23-29)48-40(9,10)50-36(34)43)14-13-15-32-35(49-39(7,8)47-32)31(21-16-25(2)26(3)42)46-24-27-17-19-30(45-11)20-18-27/h16-23,25-26,31-32,35,42H,12,15,24H2,1-11H3/t25-,26+,31-,32+,35-/m1/s1. The molecule has 11 heteroatoms. The minimum atomic E-state index is -1.22. The molecule has 0 spiro atoms. The van der Waals surface area contributed by atoms with Crippen LogP contribution in [0.5, 0.6) is 11.5 Å². The number of hydrogen-bond acceptors (Lipinski definition) is 10. The molecule has 2 aliphatic heterocycles. The first-order valence-corrected chi connectivity index (χ1v) is 17.4. The summed E-state index contributed by atoms with van der Waals surface area (Å²) in [5, 5.41) is 10.1. The Balaban J connectivity index is 1.67. The van der Waals surface area contributed by atoms with E-state index in [-0.39, 0.29) is 23.7 Å². The van der Waals surface area contributed by atoms with Gasteiger partial charge < -0.3 is 38.3 Å². The quantitative estimate of drug-likeness (QED) is 0.146. The van der Waals surface area contributed by atoms with Gasteiger partial charge >= 0.3 is 12.1 Å². The zero-order valence-corrected chi connectivity index (χ0v) is 31.7. The first kappa shape index (κ1) is 39.7. The average Bonchev–Trinajstić information content (AvgIpc) is 3.33. The van der Waals surface area contributed by atoms with E-state index in [1.165, 1.54) is 4.90 Å². The lowest BCUT2D eigenvalue weighted by Crippen LogP contribution is -2.40. The number of carbonyl (C=O) groups is 2. The van der Waals surface area contributed by atoms with Crippen LogP contribution >= 0.6 is 0 Å². The van der Waals surface area contributed by atoms with E-state index in [1.54, 1.807) is 60.8 Å². The Morgan fingerprint density at radius 1 is 1.04 bits per heavy atom. The zero-order chi connectivity index (χ0) is 37.7. The zero-order valence-electron chi connectivity index (χ0n) is 31.7. The molecule has 2 aromatic rings. The van der Waals surface area contributed by atoms with Crippen LogP contribution in [0, 0.1) is 17.8 Å². The average molecular weight is 708 g/mol. The van der Waals surface area contributed by atoms with Crippen LogP contribution in [0.25, 0.3) is 0 Å². The van der Waals surface area contributed by atoms with E-state index in [1.807, 2.05) is 64.1 Å². The van der Waals surface area contributed by atoms with Gasteiger partial charge in [-0.3, -0.25) is 4.90 Å². The summed E-state index contributed by atoms with van der Waals surface area (Å²) in [7, 11) is 1.62. The minimum absolute atomic E-state index is 0.126. The Hall–Kier alpha value is -4.08. The Kier molecular flexibility index (Phi) is 12.5. The molecule has 0 saturated carbocycles. The van der Waals surface area contributed by atoms with E-state index >= 15 is 0 Å². The molecule has 0 aliphatic carbocycles. The van der Waals surface area contributed by atoms with Gasteiger partial charge in [0.1, 0.15) is 41.0 Å². The summed E-state index contributed by atoms with van der Waals surface area (Å²) in [4.78, 5) is 27.9. The molecule has 1 amide bonds. The van der Waals surface area contributed by atoms with E-state index in [2.05, 4.69) is 11.8 Å². The third kappa shape index (κ3) is 10.7. The maximum atomic E-state index is 13.3. The van der Waals surface area contributed by atoms with Crippen molar-refractivity contribution in [2.45, 2.75) is 124 Å². The lowest BCUT2D eigenvalue weighted by atomic mass is 10.00. The number of aliphatic hydroxyl groups is 1. The molecule has 278 valence electrons. The molecule has 2 aliphatic rings. The van der Waals surface area contributed by atoms with Gasteiger partial charge in [0.05, 0.1) is 25.5 Å². The summed E-state index contributed by atoms with van der Waals surface area (Å²) >= 11 is 0. The lowest BCUT2D eigenvalue weighted by Gasteiger charge is -2.33. The van der Waals surface area contributed by atoms with Crippen LogP contribution in [0.3, 0.4) is 0 Å². The number of anilines is 1. The fourth-order valence-electron chi connectivity index (χ4n) is 5.61. The number of amides is 1. The number of fused-ring (bicyclic) bond motifs is 1. The number of esters is 1. The van der Waals surface area contributed by atoms with Gasteiger partial charge in [-0.2, -0.15) is 0 Å². The Morgan fingerprint density at radius 2 is 1.73 bits per heavy atom. The second-order valence-corrected chi connectivity index (χ2v) is 14.7. The first-order valence-electron chi connectivity index (χ1n) is 17.4. The third-order valence-electron chi connectivity index (χ3n) is 8.27. The second kappa shape index (κ2) is 16.1. The SMILES string of the molecule is CCN(C(=O)OC(C)(C)C)c1cc(C#CC[C@@H]2OC(C)(C)O[C@@H]2[C@@H](C=C[C@@H](C)[C@H](C)O)OCc2ccc(OC)cc2)c2c(c1)OC(C)(C)OC2=O. The Morgan fingerprint density at radius 3 is 2.33 bits per heavy atom. The normalized spacial score (nSPS) is 21.0. The van der Waals surface area contributed by atoms with Crippen molar-refractivity contribution < 1.29 is 47.9 Å². The van der Waals surface area contributed by atoms with E-state index < -0.39 is 53.7 Å². The van der Waals surface area contributed by atoms with Crippen molar-refractivity contribution in [2.75, 3.05) is 18.6 Å². The highest BCUT2D eigenvalue weighted by Gasteiger charge is 2.45. The molecule has 51 heavy (non-hydrogen) atoms. The van der Waals surface area contributed by atoms with Gasteiger partial charge in [-0.1, -0.05) is 43.0 Å². The molecule has 0 radical (unpaired) electrons. The van der Waals surface area contributed by atoms with Crippen LogP contribution in [0.2, 0.25) is 0 Å². The highest BCUT2D eigenvalue weighted by molar-refractivity contribution is 5.98. The molecule has 11 nitrogen and oxygen atoms in total. The fourth-order valence-corrected chi connectivity index (χ4v) is 5.61. The molecular formula is C40H53NO10. The fraction of sp³-hybridized carbons (Fsp3) is 0.550. The molecule has 2 heterocycles. The molecule has 1 N–H and O–H groups in total. The molecular weight excluding hydrogens is 654 g/mol. The number of rotatable bonds is 11. The summed E-state index contributed by atoms with van der Waals surface area (Å²) in [6.07, 6.45) is 1.33. The number of hydrogen-bond donors (Lipinski definition) is 1. The number of ether oxygens (including phenoxy) is 7. The minimum Gasteiger partial charge on any atom is -0.497 e. The molecule has 5 atom stereocenters. The highest BCUT2D eigenvalue weighted by Crippen LogP contribution is 2.38. The summed E-state index contributed by atoms with van der Waals surface area (Å²) in [5.74, 6) is 4.47. The van der Waals surface area contributed by atoms with Gasteiger partial charge in [-0.25, -0.2) is 9.59 Å². The highest BCUT2D eigenvalue weighted by atomic mass is 16.8. The molecule has 2 aromatic carbocycles. The van der Waals surface area contributed by atoms with Gasteiger partial charge in [0.25, 0.3) is 0 Å². The van der Waals surface area contributed by atoms with Crippen LogP contribution in [0.1, 0.15) is 97.1 Å². The van der Waals surface area contributed by atoms with Gasteiger partial charge in [0.15, 0.2) is 5.79 Å². The molecule has 1 fully saturated rings. The van der Waals surface area contributed by atoms with Gasteiger partial charge in [-0.05, 0) is 78.1 Å². The predicted octanol–water partition coefficient (Wildman–Crippen LogP) is 7.16. The lowest BCUT2D eigenvalue weighted by molar-refractivity contribution is -0.156. The smallest absolute Gasteiger partial charge is 0.414 e. The van der Waals surface area contributed by atoms with Crippen molar-refractivity contribution in [1.29, 1.82) is 0 Å². The summed E-state index contributed by atoms with van der Waals surface area (Å²) in [6, 6.07) is 10.9. The largest absolute Gasteiger partial charge is 0.497 e. The summed E-state index contributed by atoms with van der Waals surface area (Å²) in [5.41, 5.74) is 1.20. The molecule has 1 saturated heterocycles. The van der Waals surface area contributed by atoms with Crippen LogP contribution in [-0.2, 0) is 30.3 Å². The van der Waals surface area contributed by atoms with Crippen LogP contribution in [0.4, 0.5) is 10.5 Å². The van der Waals surface area contributed by atoms with E-state index in [0.29, 0.717) is 24.4 Å². The summed E-state index contributed by atoms with van der Waals surface area (Å²) < 4.78 is 41.7. The number of cyclic esters (lactones) is 1. The van der Waals surface area contributed by atoms with Gasteiger partial charge in [0.2, 0.25) is 5.79 Å². The Labute approximate surface area is 302 Å². The van der Waals surface area contributed by atoms with E-state index in [0.717, 1.165) is 11.3 Å². The van der Waals surface area contributed by atoms with Crippen molar-refractivity contribution in [2.24, 2.45) is 5.92 Å². The molecule has 0 unspecified atom stereocenters. The Bertz CT molecular complexity index is 1630. The monoisotopic (exact) mass is 707 g/mol. The van der Waals surface area contributed by atoms with Gasteiger partial charge in [0, 0.05) is 38.4 Å². The van der Waals surface area contributed by atoms with Crippen LogP contribution in [-0.4, -0.2) is 72.4 Å². The number of aliphatic hydroxyl groups excluding tert-OH is 1. The topological polar surface area (TPSA) is 122 Å². The predicted molar refractivity (Wildman–Crippen MR) is 193 cm³/mol. The number of benzene rings is 2. The van der Waals surface area contributed by atoms with Gasteiger partial charge in [-0.15, -0.1) is 0 Å².